The average molecular weight is 241 g/mol. The number of nitrogens with zero attached hydrogens (tertiary/aromatic N) is 1. The van der Waals surface area contributed by atoms with Crippen molar-refractivity contribution in [3.05, 3.63) is 0 Å². The van der Waals surface area contributed by atoms with E-state index >= 15 is 0 Å². The molecule has 0 spiro atoms. The zero-order valence-electron chi connectivity index (χ0n) is 11.8. The molecule has 0 amide bonds. The summed E-state index contributed by atoms with van der Waals surface area (Å²) in [5, 5.41) is 10.5. The van der Waals surface area contributed by atoms with Gasteiger partial charge in [0.15, 0.2) is 0 Å². The standard InChI is InChI=1S/C14H27NO2/c1-12(2)9-15(10-13(3,4)17-12)11-14(16)7-5-6-8-14/h16H,5-11H2,1-4H3. The van der Waals surface area contributed by atoms with Crippen LogP contribution in [0.3, 0.4) is 0 Å². The topological polar surface area (TPSA) is 32.7 Å². The van der Waals surface area contributed by atoms with Crippen molar-refractivity contribution in [2.45, 2.75) is 70.2 Å². The van der Waals surface area contributed by atoms with Gasteiger partial charge in [-0.1, -0.05) is 12.8 Å². The van der Waals surface area contributed by atoms with E-state index in [0.717, 1.165) is 32.5 Å². The summed E-state index contributed by atoms with van der Waals surface area (Å²) in [4.78, 5) is 2.38. The summed E-state index contributed by atoms with van der Waals surface area (Å²) in [6.45, 7) is 11.2. The zero-order chi connectivity index (χ0) is 12.7. The molecular weight excluding hydrogens is 214 g/mol. The zero-order valence-corrected chi connectivity index (χ0v) is 11.8. The molecule has 100 valence electrons. The van der Waals surface area contributed by atoms with Crippen molar-refractivity contribution in [3.8, 4) is 0 Å². The molecule has 0 aromatic rings. The average Bonchev–Trinajstić information content (AvgIpc) is 2.44. The van der Waals surface area contributed by atoms with E-state index in [0.29, 0.717) is 0 Å². The molecule has 3 nitrogen and oxygen atoms in total. The lowest BCUT2D eigenvalue weighted by Crippen LogP contribution is -2.59. The van der Waals surface area contributed by atoms with Crippen LogP contribution >= 0.6 is 0 Å². The SMILES string of the molecule is CC1(C)CN(CC2(O)CCCC2)CC(C)(C)O1. The molecule has 1 aliphatic carbocycles. The Bertz CT molecular complexity index is 264. The van der Waals surface area contributed by atoms with E-state index in [1.54, 1.807) is 0 Å². The molecule has 0 radical (unpaired) electrons. The van der Waals surface area contributed by atoms with Crippen molar-refractivity contribution < 1.29 is 9.84 Å². The van der Waals surface area contributed by atoms with Gasteiger partial charge in [0.2, 0.25) is 0 Å². The molecule has 0 unspecified atom stereocenters. The van der Waals surface area contributed by atoms with E-state index in [2.05, 4.69) is 32.6 Å². The van der Waals surface area contributed by atoms with Crippen LogP contribution < -0.4 is 0 Å². The van der Waals surface area contributed by atoms with Crippen LogP contribution in [0.2, 0.25) is 0 Å². The third-order valence-corrected chi connectivity index (χ3v) is 3.81. The maximum absolute atomic E-state index is 10.5. The highest BCUT2D eigenvalue weighted by atomic mass is 16.5. The fraction of sp³-hybridized carbons (Fsp3) is 1.00. The first-order valence-electron chi connectivity index (χ1n) is 6.85. The lowest BCUT2D eigenvalue weighted by Gasteiger charge is -2.48. The minimum Gasteiger partial charge on any atom is -0.389 e. The van der Waals surface area contributed by atoms with Gasteiger partial charge < -0.3 is 9.84 Å². The summed E-state index contributed by atoms with van der Waals surface area (Å²) in [5.41, 5.74) is -0.670. The maximum atomic E-state index is 10.5. The second-order valence-electron chi connectivity index (χ2n) is 7.20. The van der Waals surface area contributed by atoms with Crippen LogP contribution in [0, 0.1) is 0 Å². The second kappa shape index (κ2) is 4.22. The van der Waals surface area contributed by atoms with Gasteiger partial charge in [0.25, 0.3) is 0 Å². The molecule has 2 rings (SSSR count). The van der Waals surface area contributed by atoms with Crippen LogP contribution in [0.5, 0.6) is 0 Å². The van der Waals surface area contributed by atoms with Crippen molar-refractivity contribution in [2.75, 3.05) is 19.6 Å². The van der Waals surface area contributed by atoms with Crippen LogP contribution in [0.4, 0.5) is 0 Å². The van der Waals surface area contributed by atoms with Gasteiger partial charge in [0.1, 0.15) is 0 Å². The molecule has 2 fully saturated rings. The first kappa shape index (κ1) is 13.3. The van der Waals surface area contributed by atoms with E-state index in [-0.39, 0.29) is 11.2 Å². The van der Waals surface area contributed by atoms with Gasteiger partial charge in [0, 0.05) is 19.6 Å². The van der Waals surface area contributed by atoms with Gasteiger partial charge in [-0.3, -0.25) is 4.90 Å². The van der Waals surface area contributed by atoms with Gasteiger partial charge in [0.05, 0.1) is 16.8 Å². The first-order valence-corrected chi connectivity index (χ1v) is 6.85. The van der Waals surface area contributed by atoms with E-state index in [1.807, 2.05) is 0 Å². The normalized spacial score (nSPS) is 31.6. The van der Waals surface area contributed by atoms with Gasteiger partial charge in [-0.05, 0) is 40.5 Å². The highest BCUT2D eigenvalue weighted by molar-refractivity contribution is 4.94. The minimum absolute atomic E-state index is 0.114. The van der Waals surface area contributed by atoms with Crippen molar-refractivity contribution >= 4 is 0 Å². The molecule has 1 saturated heterocycles. The van der Waals surface area contributed by atoms with E-state index < -0.39 is 5.60 Å². The van der Waals surface area contributed by atoms with E-state index in [1.165, 1.54) is 12.8 Å². The van der Waals surface area contributed by atoms with Crippen LogP contribution in [-0.4, -0.2) is 46.4 Å². The summed E-state index contributed by atoms with van der Waals surface area (Å²) in [7, 11) is 0. The number of rotatable bonds is 2. The quantitative estimate of drug-likeness (QED) is 0.804. The summed E-state index contributed by atoms with van der Waals surface area (Å²) < 4.78 is 6.07. The largest absolute Gasteiger partial charge is 0.389 e. The Morgan fingerprint density at radius 1 is 1.00 bits per heavy atom. The Kier molecular flexibility index (Phi) is 3.30. The minimum atomic E-state index is -0.441. The number of hydrogen-bond donors (Lipinski definition) is 1. The van der Waals surface area contributed by atoms with E-state index in [4.69, 9.17) is 4.74 Å². The van der Waals surface area contributed by atoms with E-state index in [9.17, 15) is 5.11 Å². The van der Waals surface area contributed by atoms with Crippen molar-refractivity contribution in [3.63, 3.8) is 0 Å². The lowest BCUT2D eigenvalue weighted by atomic mass is 9.95. The van der Waals surface area contributed by atoms with Crippen molar-refractivity contribution in [1.29, 1.82) is 0 Å². The molecule has 0 atom stereocenters. The molecule has 17 heavy (non-hydrogen) atoms. The summed E-state index contributed by atoms with van der Waals surface area (Å²) in [6, 6.07) is 0. The Balaban J connectivity index is 2.01. The highest BCUT2D eigenvalue weighted by Crippen LogP contribution is 2.34. The predicted molar refractivity (Wildman–Crippen MR) is 69.1 cm³/mol. The summed E-state index contributed by atoms with van der Waals surface area (Å²) in [5.74, 6) is 0. The van der Waals surface area contributed by atoms with Crippen molar-refractivity contribution in [2.24, 2.45) is 0 Å². The number of aliphatic hydroxyl groups is 1. The fourth-order valence-corrected chi connectivity index (χ4v) is 3.66. The predicted octanol–water partition coefficient (Wildman–Crippen LogP) is 2.18. The number of hydrogen-bond acceptors (Lipinski definition) is 3. The first-order chi connectivity index (χ1) is 7.70. The Labute approximate surface area is 105 Å². The van der Waals surface area contributed by atoms with Gasteiger partial charge in [-0.15, -0.1) is 0 Å². The molecule has 3 heteroatoms. The van der Waals surface area contributed by atoms with Gasteiger partial charge >= 0.3 is 0 Å². The molecule has 1 saturated carbocycles. The van der Waals surface area contributed by atoms with Gasteiger partial charge in [-0.25, -0.2) is 0 Å². The summed E-state index contributed by atoms with van der Waals surface area (Å²) >= 11 is 0. The number of ether oxygens (including phenoxy) is 1. The third-order valence-electron chi connectivity index (χ3n) is 3.81. The lowest BCUT2D eigenvalue weighted by molar-refractivity contribution is -0.188. The number of morpholine rings is 1. The third kappa shape index (κ3) is 3.43. The Morgan fingerprint density at radius 3 is 1.94 bits per heavy atom. The monoisotopic (exact) mass is 241 g/mol. The number of β-amino-alcohol motifs (C(OH)–C–C–N with tert-alkyl or cyclic N) is 1. The molecule has 1 heterocycles. The van der Waals surface area contributed by atoms with Gasteiger partial charge in [-0.2, -0.15) is 0 Å². The highest BCUT2D eigenvalue weighted by Gasteiger charge is 2.41. The molecule has 0 aromatic heterocycles. The Hall–Kier alpha value is -0.120. The van der Waals surface area contributed by atoms with Crippen molar-refractivity contribution in [1.82, 2.24) is 4.90 Å². The van der Waals surface area contributed by atoms with Crippen LogP contribution in [0.15, 0.2) is 0 Å². The molecular formula is C14H27NO2. The van der Waals surface area contributed by atoms with Crippen LogP contribution in [0.25, 0.3) is 0 Å². The second-order valence-corrected chi connectivity index (χ2v) is 7.20. The fourth-order valence-electron chi connectivity index (χ4n) is 3.66. The summed E-state index contributed by atoms with van der Waals surface area (Å²) in [6.07, 6.45) is 4.28. The smallest absolute Gasteiger partial charge is 0.0774 e. The van der Waals surface area contributed by atoms with Crippen LogP contribution in [0.1, 0.15) is 53.4 Å². The Morgan fingerprint density at radius 2 is 1.47 bits per heavy atom. The molecule has 0 aromatic carbocycles. The maximum Gasteiger partial charge on any atom is 0.0774 e. The van der Waals surface area contributed by atoms with Crippen LogP contribution in [-0.2, 0) is 4.74 Å². The molecule has 2 aliphatic rings. The molecule has 1 N–H and O–H groups in total. The molecule has 1 aliphatic heterocycles. The molecule has 0 bridgehead atoms.